The van der Waals surface area contributed by atoms with Crippen LogP contribution in [-0.4, -0.2) is 39.1 Å². The number of anilines is 1. The van der Waals surface area contributed by atoms with E-state index in [1.54, 1.807) is 0 Å². The normalized spacial score (nSPS) is 28.7. The zero-order chi connectivity index (χ0) is 12.7. The summed E-state index contributed by atoms with van der Waals surface area (Å²) in [5, 5.41) is 6.46. The Morgan fingerprint density at radius 3 is 2.39 bits per heavy atom. The van der Waals surface area contributed by atoms with Crippen molar-refractivity contribution >= 4 is 11.6 Å². The summed E-state index contributed by atoms with van der Waals surface area (Å²) in [4.78, 5) is 14.1. The van der Waals surface area contributed by atoms with E-state index in [0.717, 1.165) is 24.3 Å². The van der Waals surface area contributed by atoms with Crippen molar-refractivity contribution in [1.82, 2.24) is 10.6 Å². The van der Waals surface area contributed by atoms with Gasteiger partial charge in [0.15, 0.2) is 0 Å². The lowest BCUT2D eigenvalue weighted by Crippen LogP contribution is -2.32. The minimum Gasteiger partial charge on any atom is -0.378 e. The lowest BCUT2D eigenvalue weighted by Gasteiger charge is -2.13. The number of hydrogen-bond acceptors (Lipinski definition) is 3. The number of fused-ring (bicyclic) bond motifs is 1. The van der Waals surface area contributed by atoms with Crippen LogP contribution >= 0.6 is 0 Å². The van der Waals surface area contributed by atoms with Gasteiger partial charge in [-0.05, 0) is 36.1 Å². The summed E-state index contributed by atoms with van der Waals surface area (Å²) in [6.07, 6.45) is 0. The highest BCUT2D eigenvalue weighted by Gasteiger charge is 2.53. The van der Waals surface area contributed by atoms with Gasteiger partial charge >= 0.3 is 0 Å². The minimum absolute atomic E-state index is 0.0553. The fraction of sp³-hybridized carbons (Fsp3) is 0.500. The quantitative estimate of drug-likeness (QED) is 0.824. The van der Waals surface area contributed by atoms with Gasteiger partial charge < -0.3 is 15.5 Å². The molecule has 0 bridgehead atoms. The summed E-state index contributed by atoms with van der Waals surface area (Å²) in [6, 6.07) is 8.13. The Kier molecular flexibility index (Phi) is 2.74. The van der Waals surface area contributed by atoms with E-state index < -0.39 is 0 Å². The van der Waals surface area contributed by atoms with Crippen LogP contribution < -0.4 is 15.5 Å². The van der Waals surface area contributed by atoms with Crippen molar-refractivity contribution in [2.24, 2.45) is 11.8 Å². The van der Waals surface area contributed by atoms with Gasteiger partial charge in [0.05, 0.1) is 0 Å². The maximum atomic E-state index is 12.1. The number of nitrogens with zero attached hydrogens (tertiary/aromatic N) is 1. The van der Waals surface area contributed by atoms with E-state index in [0.29, 0.717) is 17.9 Å². The average molecular weight is 245 g/mol. The molecule has 0 radical (unpaired) electrons. The van der Waals surface area contributed by atoms with E-state index in [2.05, 4.69) is 10.6 Å². The Bertz CT molecular complexity index is 445. The van der Waals surface area contributed by atoms with E-state index in [4.69, 9.17) is 0 Å². The number of carbonyl (C=O) groups is 1. The number of nitrogens with one attached hydrogen (secondary N) is 2. The Morgan fingerprint density at radius 2 is 1.83 bits per heavy atom. The molecule has 1 amide bonds. The lowest BCUT2D eigenvalue weighted by atomic mass is 10.2. The first kappa shape index (κ1) is 11.5. The molecule has 2 atom stereocenters. The molecule has 1 aliphatic carbocycles. The molecule has 4 heteroatoms. The van der Waals surface area contributed by atoms with Gasteiger partial charge in [-0.25, -0.2) is 0 Å². The van der Waals surface area contributed by atoms with Crippen molar-refractivity contribution in [1.29, 1.82) is 0 Å². The SMILES string of the molecule is CN(C)c1ccc(C(=O)NC2C3CNCC32)cc1. The first-order valence-corrected chi connectivity index (χ1v) is 6.46. The summed E-state index contributed by atoms with van der Waals surface area (Å²) in [7, 11) is 3.99. The third kappa shape index (κ3) is 1.97. The van der Waals surface area contributed by atoms with Crippen LogP contribution in [0.4, 0.5) is 5.69 Å². The second-order valence-electron chi connectivity index (χ2n) is 5.43. The maximum Gasteiger partial charge on any atom is 0.251 e. The molecule has 1 saturated heterocycles. The summed E-state index contributed by atoms with van der Waals surface area (Å²) in [6.45, 7) is 2.10. The predicted octanol–water partition coefficient (Wildman–Crippen LogP) is 0.700. The van der Waals surface area contributed by atoms with E-state index in [1.165, 1.54) is 0 Å². The summed E-state index contributed by atoms with van der Waals surface area (Å²) in [5.74, 6) is 1.38. The lowest BCUT2D eigenvalue weighted by molar-refractivity contribution is 0.0946. The number of piperidine rings is 1. The van der Waals surface area contributed by atoms with E-state index in [1.807, 2.05) is 43.3 Å². The number of benzene rings is 1. The second-order valence-corrected chi connectivity index (χ2v) is 5.43. The molecule has 1 aliphatic heterocycles. The van der Waals surface area contributed by atoms with Crippen molar-refractivity contribution < 1.29 is 4.79 Å². The molecular formula is C14H19N3O. The molecule has 96 valence electrons. The van der Waals surface area contributed by atoms with Crippen LogP contribution in [0, 0.1) is 11.8 Å². The minimum atomic E-state index is 0.0553. The van der Waals surface area contributed by atoms with Crippen LogP contribution in [0.2, 0.25) is 0 Å². The smallest absolute Gasteiger partial charge is 0.251 e. The van der Waals surface area contributed by atoms with Gasteiger partial charge in [0.2, 0.25) is 0 Å². The van der Waals surface area contributed by atoms with E-state index in [-0.39, 0.29) is 5.91 Å². The molecule has 0 aromatic heterocycles. The monoisotopic (exact) mass is 245 g/mol. The number of rotatable bonds is 3. The number of hydrogen-bond donors (Lipinski definition) is 2. The van der Waals surface area contributed by atoms with Crippen molar-refractivity contribution in [3.05, 3.63) is 29.8 Å². The second kappa shape index (κ2) is 4.28. The van der Waals surface area contributed by atoms with Crippen molar-refractivity contribution in [3.8, 4) is 0 Å². The van der Waals surface area contributed by atoms with Crippen LogP contribution in [0.3, 0.4) is 0 Å². The Hall–Kier alpha value is -1.55. The Balaban J connectivity index is 1.62. The zero-order valence-corrected chi connectivity index (χ0v) is 10.8. The van der Waals surface area contributed by atoms with Crippen LogP contribution in [0.5, 0.6) is 0 Å². The summed E-state index contributed by atoms with van der Waals surface area (Å²) in [5.41, 5.74) is 1.86. The molecule has 1 saturated carbocycles. The summed E-state index contributed by atoms with van der Waals surface area (Å²) >= 11 is 0. The third-order valence-corrected chi connectivity index (χ3v) is 4.04. The largest absolute Gasteiger partial charge is 0.378 e. The molecule has 2 aliphatic rings. The predicted molar refractivity (Wildman–Crippen MR) is 71.9 cm³/mol. The highest BCUT2D eigenvalue weighted by Crippen LogP contribution is 2.41. The summed E-state index contributed by atoms with van der Waals surface area (Å²) < 4.78 is 0. The molecule has 0 spiro atoms. The van der Waals surface area contributed by atoms with Gasteiger partial charge in [-0.2, -0.15) is 0 Å². The average Bonchev–Trinajstić information content (AvgIpc) is 2.82. The third-order valence-electron chi connectivity index (χ3n) is 4.04. The molecule has 2 N–H and O–H groups in total. The van der Waals surface area contributed by atoms with Gasteiger partial charge in [0.1, 0.15) is 0 Å². The van der Waals surface area contributed by atoms with Crippen molar-refractivity contribution in [3.63, 3.8) is 0 Å². The fourth-order valence-corrected chi connectivity index (χ4v) is 2.78. The van der Waals surface area contributed by atoms with E-state index >= 15 is 0 Å². The zero-order valence-electron chi connectivity index (χ0n) is 10.8. The fourth-order valence-electron chi connectivity index (χ4n) is 2.78. The van der Waals surface area contributed by atoms with Gasteiger partial charge in [0, 0.05) is 44.5 Å². The highest BCUT2D eigenvalue weighted by molar-refractivity contribution is 5.95. The maximum absolute atomic E-state index is 12.1. The van der Waals surface area contributed by atoms with Crippen LogP contribution in [0.15, 0.2) is 24.3 Å². The van der Waals surface area contributed by atoms with Crippen molar-refractivity contribution in [2.45, 2.75) is 6.04 Å². The molecule has 4 nitrogen and oxygen atoms in total. The van der Waals surface area contributed by atoms with Crippen LogP contribution in [0.1, 0.15) is 10.4 Å². The molecular weight excluding hydrogens is 226 g/mol. The van der Waals surface area contributed by atoms with Crippen LogP contribution in [0.25, 0.3) is 0 Å². The standard InChI is InChI=1S/C14H19N3O/c1-17(2)10-5-3-9(4-6-10)14(18)16-13-11-7-15-8-12(11)13/h3-6,11-13,15H,7-8H2,1-2H3,(H,16,18). The first-order valence-electron chi connectivity index (χ1n) is 6.46. The van der Waals surface area contributed by atoms with Gasteiger partial charge in [-0.1, -0.05) is 0 Å². The molecule has 2 unspecified atom stereocenters. The van der Waals surface area contributed by atoms with Gasteiger partial charge in [0.25, 0.3) is 5.91 Å². The molecule has 18 heavy (non-hydrogen) atoms. The first-order chi connectivity index (χ1) is 8.66. The Morgan fingerprint density at radius 1 is 1.22 bits per heavy atom. The molecule has 2 fully saturated rings. The van der Waals surface area contributed by atoms with E-state index in [9.17, 15) is 4.79 Å². The topological polar surface area (TPSA) is 44.4 Å². The molecule has 1 heterocycles. The number of carbonyl (C=O) groups excluding carboxylic acids is 1. The highest BCUT2D eigenvalue weighted by atomic mass is 16.1. The molecule has 1 aromatic rings. The Labute approximate surface area is 107 Å². The number of amides is 1. The van der Waals surface area contributed by atoms with Crippen molar-refractivity contribution in [2.75, 3.05) is 32.1 Å². The molecule has 3 rings (SSSR count). The van der Waals surface area contributed by atoms with Gasteiger partial charge in [-0.15, -0.1) is 0 Å². The van der Waals surface area contributed by atoms with Crippen LogP contribution in [-0.2, 0) is 0 Å². The molecule has 1 aromatic carbocycles. The van der Waals surface area contributed by atoms with Gasteiger partial charge in [-0.3, -0.25) is 4.79 Å².